The molecule has 0 unspecified atom stereocenters. The van der Waals surface area contributed by atoms with E-state index in [1.165, 1.54) is 205 Å². The van der Waals surface area contributed by atoms with Crippen LogP contribution in [-0.4, -0.2) is 48.6 Å². The highest BCUT2D eigenvalue weighted by molar-refractivity contribution is 5.88. The predicted molar refractivity (Wildman–Crippen MR) is 375 cm³/mol. The van der Waals surface area contributed by atoms with Crippen LogP contribution in [0.4, 0.5) is 0 Å². The van der Waals surface area contributed by atoms with Crippen LogP contribution in [0.2, 0.25) is 0 Å². The standard InChI is InChI=1S/C82H114O8/c1-5-9-13-17-21-25-29-33-37-43-61-87-77-67-75(59-53-69-49-55-71(56-50-69)81(83)84)79(89-63-45-39-35-31-27-23-19-15-11-7-3)65-73(77)47-41-42-48-74-66-80(90-64-46-40-36-32-28-24-20-16-12-8-4)76(60-54-70-51-57-72(58-52-70)82(85)86)68-78(74)88-62-44-38-34-30-26-22-18-14-10-6-2/h49-52,55-58,65-68H,5-40,43-46,61-64H2,1-4H3,(H,83,84)(H,85,86). The molecule has 8 heteroatoms. The van der Waals surface area contributed by atoms with Crippen molar-refractivity contribution in [2.75, 3.05) is 26.4 Å². The van der Waals surface area contributed by atoms with Gasteiger partial charge in [-0.25, -0.2) is 9.59 Å². The zero-order valence-corrected chi connectivity index (χ0v) is 56.4. The van der Waals surface area contributed by atoms with Gasteiger partial charge < -0.3 is 29.2 Å². The highest BCUT2D eigenvalue weighted by Crippen LogP contribution is 2.32. The minimum absolute atomic E-state index is 0.210. The summed E-state index contributed by atoms with van der Waals surface area (Å²) in [7, 11) is 0. The van der Waals surface area contributed by atoms with Crippen molar-refractivity contribution in [2.24, 2.45) is 0 Å². The SMILES string of the molecule is CCCCCCCCCCCCOc1cc(C#Cc2ccc(C(=O)O)cc2)c(OCCCCCCCCCCCC)cc1C#CC#Cc1cc(OCCCCCCCCCCCC)c(C#Cc2ccc(C(=O)O)cc2)cc1OCCCCCCCCCCCC. The molecule has 0 aliphatic rings. The summed E-state index contributed by atoms with van der Waals surface area (Å²) in [6.07, 6.45) is 49.0. The summed E-state index contributed by atoms with van der Waals surface area (Å²) in [5.74, 6) is 26.8. The number of carboxylic acid groups (broad SMARTS) is 2. The van der Waals surface area contributed by atoms with Crippen LogP contribution in [0.5, 0.6) is 23.0 Å². The molecule has 0 atom stereocenters. The van der Waals surface area contributed by atoms with Crippen LogP contribution in [0, 0.1) is 47.4 Å². The molecule has 0 radical (unpaired) electrons. The van der Waals surface area contributed by atoms with Gasteiger partial charge in [-0.05, 0) is 97.9 Å². The number of unbranched alkanes of at least 4 members (excludes halogenated alkanes) is 36. The Hall–Kier alpha value is -6.74. The zero-order chi connectivity index (χ0) is 64.2. The van der Waals surface area contributed by atoms with Crippen LogP contribution in [0.1, 0.15) is 339 Å². The number of rotatable bonds is 50. The molecule has 90 heavy (non-hydrogen) atoms. The first kappa shape index (κ1) is 75.7. The molecule has 0 saturated carbocycles. The predicted octanol–water partition coefficient (Wildman–Crippen LogP) is 22.5. The van der Waals surface area contributed by atoms with E-state index >= 15 is 0 Å². The van der Waals surface area contributed by atoms with Crippen molar-refractivity contribution < 1.29 is 38.7 Å². The monoisotopic (exact) mass is 1230 g/mol. The molecule has 4 rings (SSSR count). The first-order valence-electron chi connectivity index (χ1n) is 35.9. The molecule has 8 nitrogen and oxygen atoms in total. The molecule has 490 valence electrons. The number of hydrogen-bond acceptors (Lipinski definition) is 6. The Morgan fingerprint density at radius 3 is 0.689 bits per heavy atom. The average Bonchev–Trinajstić information content (AvgIpc) is 1.80. The largest absolute Gasteiger partial charge is 0.492 e. The molecule has 0 aromatic heterocycles. The van der Waals surface area contributed by atoms with Gasteiger partial charge in [0.05, 0.1) is 59.8 Å². The second-order valence-corrected chi connectivity index (χ2v) is 24.6. The van der Waals surface area contributed by atoms with Crippen molar-refractivity contribution in [2.45, 2.75) is 285 Å². The normalized spacial score (nSPS) is 10.7. The lowest BCUT2D eigenvalue weighted by Crippen LogP contribution is -2.03. The molecule has 2 N–H and O–H groups in total. The van der Waals surface area contributed by atoms with Gasteiger partial charge in [-0.15, -0.1) is 0 Å². The van der Waals surface area contributed by atoms with Gasteiger partial charge in [-0.1, -0.05) is 283 Å². The lowest BCUT2D eigenvalue weighted by molar-refractivity contribution is 0.0686. The molecular weight excluding hydrogens is 1110 g/mol. The van der Waals surface area contributed by atoms with E-state index in [1.54, 1.807) is 48.5 Å². The molecule has 0 aliphatic heterocycles. The van der Waals surface area contributed by atoms with Crippen LogP contribution in [0.15, 0.2) is 72.8 Å². The lowest BCUT2D eigenvalue weighted by atomic mass is 10.1. The second-order valence-electron chi connectivity index (χ2n) is 24.6. The highest BCUT2D eigenvalue weighted by atomic mass is 16.5. The van der Waals surface area contributed by atoms with Crippen LogP contribution in [0.25, 0.3) is 0 Å². The number of ether oxygens (including phenoxy) is 4. The Bertz CT molecular complexity index is 2640. The quantitative estimate of drug-likeness (QED) is 0.0332. The number of carboxylic acids is 2. The van der Waals surface area contributed by atoms with E-state index in [1.807, 2.05) is 24.3 Å². The van der Waals surface area contributed by atoms with Crippen molar-refractivity contribution in [1.29, 1.82) is 0 Å². The molecule has 0 amide bonds. The maximum atomic E-state index is 11.7. The van der Waals surface area contributed by atoms with Crippen molar-refractivity contribution in [3.8, 4) is 70.4 Å². The Labute approximate surface area is 546 Å². The molecule has 4 aromatic rings. The Kier molecular flexibility index (Phi) is 42.9. The van der Waals surface area contributed by atoms with Crippen LogP contribution < -0.4 is 18.9 Å². The molecule has 0 saturated heterocycles. The summed E-state index contributed by atoms with van der Waals surface area (Å²) in [5.41, 5.74) is 4.47. The van der Waals surface area contributed by atoms with E-state index < -0.39 is 11.9 Å². The maximum Gasteiger partial charge on any atom is 0.335 e. The fourth-order valence-electron chi connectivity index (χ4n) is 10.9. The smallest absolute Gasteiger partial charge is 0.335 e. The second kappa shape index (κ2) is 50.9. The van der Waals surface area contributed by atoms with Crippen molar-refractivity contribution >= 4 is 11.9 Å². The van der Waals surface area contributed by atoms with Gasteiger partial charge in [0.25, 0.3) is 0 Å². The maximum absolute atomic E-state index is 11.7. The summed E-state index contributed by atoms with van der Waals surface area (Å²) >= 11 is 0. The third-order valence-corrected chi connectivity index (χ3v) is 16.6. The van der Waals surface area contributed by atoms with Crippen LogP contribution in [0.3, 0.4) is 0 Å². The van der Waals surface area contributed by atoms with Gasteiger partial charge in [0, 0.05) is 35.4 Å². The van der Waals surface area contributed by atoms with E-state index in [9.17, 15) is 19.8 Å². The van der Waals surface area contributed by atoms with Crippen molar-refractivity contribution in [3.63, 3.8) is 0 Å². The first-order chi connectivity index (χ1) is 44.3. The molecule has 0 spiro atoms. The minimum atomic E-state index is -0.978. The Balaban J connectivity index is 1.71. The topological polar surface area (TPSA) is 112 Å². The van der Waals surface area contributed by atoms with Gasteiger partial charge in [0.2, 0.25) is 0 Å². The van der Waals surface area contributed by atoms with Crippen LogP contribution in [-0.2, 0) is 0 Å². The summed E-state index contributed by atoms with van der Waals surface area (Å²) in [5, 5.41) is 19.1. The number of carbonyl (C=O) groups is 2. The molecule has 0 aliphatic carbocycles. The van der Waals surface area contributed by atoms with Gasteiger partial charge in [0.15, 0.2) is 0 Å². The van der Waals surface area contributed by atoms with E-state index in [-0.39, 0.29) is 11.1 Å². The minimum Gasteiger partial charge on any atom is -0.492 e. The zero-order valence-electron chi connectivity index (χ0n) is 56.4. The molecule has 0 bridgehead atoms. The third kappa shape index (κ3) is 35.0. The molecule has 4 aromatic carbocycles. The number of benzene rings is 4. The fourth-order valence-corrected chi connectivity index (χ4v) is 10.9. The van der Waals surface area contributed by atoms with Gasteiger partial charge in [-0.3, -0.25) is 0 Å². The molecule has 0 heterocycles. The Morgan fingerprint density at radius 2 is 0.478 bits per heavy atom. The van der Waals surface area contributed by atoms with Crippen LogP contribution >= 0.6 is 0 Å². The van der Waals surface area contributed by atoms with Gasteiger partial charge in [0.1, 0.15) is 23.0 Å². The fraction of sp³-hybridized carbons (Fsp3) is 0.585. The van der Waals surface area contributed by atoms with E-state index in [2.05, 4.69) is 75.1 Å². The first-order valence-corrected chi connectivity index (χ1v) is 35.9. The van der Waals surface area contributed by atoms with E-state index in [0.29, 0.717) is 82.8 Å². The third-order valence-electron chi connectivity index (χ3n) is 16.6. The Morgan fingerprint density at radius 1 is 0.278 bits per heavy atom. The highest BCUT2D eigenvalue weighted by Gasteiger charge is 2.14. The van der Waals surface area contributed by atoms with Gasteiger partial charge in [-0.2, -0.15) is 0 Å². The number of hydrogen-bond donors (Lipinski definition) is 2. The summed E-state index contributed by atoms with van der Waals surface area (Å²) in [6.45, 7) is 11.2. The number of aromatic carboxylic acids is 2. The van der Waals surface area contributed by atoms with E-state index in [4.69, 9.17) is 18.9 Å². The van der Waals surface area contributed by atoms with Gasteiger partial charge >= 0.3 is 11.9 Å². The lowest BCUT2D eigenvalue weighted by Gasteiger charge is -2.14. The van der Waals surface area contributed by atoms with Crippen molar-refractivity contribution in [3.05, 3.63) is 117 Å². The average molecular weight is 1230 g/mol. The summed E-state index contributed by atoms with van der Waals surface area (Å²) in [4.78, 5) is 23.3. The summed E-state index contributed by atoms with van der Waals surface area (Å²) < 4.78 is 26.5. The van der Waals surface area contributed by atoms with Crippen molar-refractivity contribution in [1.82, 2.24) is 0 Å². The van der Waals surface area contributed by atoms with E-state index in [0.717, 1.165) is 51.4 Å². The molecule has 0 fully saturated rings. The summed E-state index contributed by atoms with van der Waals surface area (Å²) in [6, 6.07) is 21.0. The molecular formula is C82H114O8.